The van der Waals surface area contributed by atoms with Gasteiger partial charge in [0.2, 0.25) is 5.91 Å². The standard InChI is InChI=1S/C22H22N2O2S/c1-2-26-19-14-8-7-13-18(19)24(21(25)16-10-4-3-5-11-16)22-23-17-12-6-9-15-20(17)27-22/h3-4,6-9,12-16H,2,5,10-11H2,1H3. The molecule has 1 aromatic heterocycles. The van der Waals surface area contributed by atoms with E-state index in [1.807, 2.05) is 55.5 Å². The number of thiazole rings is 1. The maximum absolute atomic E-state index is 13.5. The Morgan fingerprint density at radius 1 is 1.19 bits per heavy atom. The molecule has 0 spiro atoms. The van der Waals surface area contributed by atoms with Crippen LogP contribution in [0.4, 0.5) is 10.8 Å². The number of allylic oxidation sites excluding steroid dienone is 2. The van der Waals surface area contributed by atoms with Gasteiger partial charge in [-0.05, 0) is 50.5 Å². The predicted octanol–water partition coefficient (Wildman–Crippen LogP) is 5.72. The summed E-state index contributed by atoms with van der Waals surface area (Å²) >= 11 is 1.54. The smallest absolute Gasteiger partial charge is 0.236 e. The molecule has 2 aromatic carbocycles. The van der Waals surface area contributed by atoms with Crippen molar-refractivity contribution in [1.29, 1.82) is 0 Å². The van der Waals surface area contributed by atoms with Crippen LogP contribution < -0.4 is 9.64 Å². The molecule has 1 aliphatic rings. The second-order valence-corrected chi connectivity index (χ2v) is 7.53. The van der Waals surface area contributed by atoms with Crippen LogP contribution in [0.15, 0.2) is 60.7 Å². The van der Waals surface area contributed by atoms with Crippen LogP contribution in [0.25, 0.3) is 10.2 Å². The molecule has 0 saturated carbocycles. The van der Waals surface area contributed by atoms with E-state index in [1.54, 1.807) is 4.90 Å². The van der Waals surface area contributed by atoms with E-state index in [2.05, 4.69) is 12.2 Å². The number of hydrogen-bond donors (Lipinski definition) is 0. The number of anilines is 2. The number of rotatable bonds is 5. The SMILES string of the molecule is CCOc1ccccc1N(C(=O)C1CC=CCC1)c1nc2ccccc2s1. The molecular formula is C22H22N2O2S. The van der Waals surface area contributed by atoms with Crippen LogP contribution >= 0.6 is 11.3 Å². The molecule has 0 radical (unpaired) electrons. The lowest BCUT2D eigenvalue weighted by molar-refractivity contribution is -0.121. The Morgan fingerprint density at radius 2 is 2.00 bits per heavy atom. The average molecular weight is 378 g/mol. The van der Waals surface area contributed by atoms with Crippen molar-refractivity contribution in [3.05, 3.63) is 60.7 Å². The summed E-state index contributed by atoms with van der Waals surface area (Å²) in [5.41, 5.74) is 1.67. The average Bonchev–Trinajstić information content (AvgIpc) is 3.14. The molecule has 4 rings (SSSR count). The van der Waals surface area contributed by atoms with Gasteiger partial charge in [-0.15, -0.1) is 0 Å². The number of nitrogens with zero attached hydrogens (tertiary/aromatic N) is 2. The molecule has 1 unspecified atom stereocenters. The van der Waals surface area contributed by atoms with Gasteiger partial charge >= 0.3 is 0 Å². The Bertz CT molecular complexity index is 946. The number of fused-ring (bicyclic) bond motifs is 1. The van der Waals surface area contributed by atoms with Crippen molar-refractivity contribution in [2.75, 3.05) is 11.5 Å². The van der Waals surface area contributed by atoms with Gasteiger partial charge in [0, 0.05) is 5.92 Å². The van der Waals surface area contributed by atoms with Crippen LogP contribution in [0.5, 0.6) is 5.75 Å². The first-order valence-electron chi connectivity index (χ1n) is 9.34. The molecule has 1 atom stereocenters. The Labute approximate surface area is 163 Å². The molecule has 0 saturated heterocycles. The molecule has 27 heavy (non-hydrogen) atoms. The number of para-hydroxylation sites is 3. The molecule has 3 aromatic rings. The normalized spacial score (nSPS) is 16.4. The zero-order chi connectivity index (χ0) is 18.6. The zero-order valence-corrected chi connectivity index (χ0v) is 16.1. The van der Waals surface area contributed by atoms with Crippen LogP contribution in [0.2, 0.25) is 0 Å². The summed E-state index contributed by atoms with van der Waals surface area (Å²) < 4.78 is 6.89. The third-order valence-electron chi connectivity index (χ3n) is 4.72. The number of carbonyl (C=O) groups is 1. The van der Waals surface area contributed by atoms with Crippen molar-refractivity contribution < 1.29 is 9.53 Å². The summed E-state index contributed by atoms with van der Waals surface area (Å²) in [5.74, 6) is 0.765. The molecule has 0 N–H and O–H groups in total. The molecule has 0 fully saturated rings. The van der Waals surface area contributed by atoms with Gasteiger partial charge in [-0.3, -0.25) is 9.69 Å². The molecule has 0 bridgehead atoms. The van der Waals surface area contributed by atoms with Crippen LogP contribution in [-0.2, 0) is 4.79 Å². The van der Waals surface area contributed by atoms with Gasteiger partial charge in [0.1, 0.15) is 5.75 Å². The number of aromatic nitrogens is 1. The van der Waals surface area contributed by atoms with Gasteiger partial charge in [-0.2, -0.15) is 0 Å². The summed E-state index contributed by atoms with van der Waals surface area (Å²) in [6.45, 7) is 2.50. The summed E-state index contributed by atoms with van der Waals surface area (Å²) in [7, 11) is 0. The molecule has 138 valence electrons. The maximum atomic E-state index is 13.5. The van der Waals surface area contributed by atoms with Crippen molar-refractivity contribution in [3.63, 3.8) is 0 Å². The lowest BCUT2D eigenvalue weighted by atomic mass is 9.93. The fraction of sp³-hybridized carbons (Fsp3) is 0.273. The van der Waals surface area contributed by atoms with Crippen molar-refractivity contribution in [2.45, 2.75) is 26.2 Å². The third-order valence-corrected chi connectivity index (χ3v) is 5.74. The van der Waals surface area contributed by atoms with Crippen LogP contribution in [0.3, 0.4) is 0 Å². The lowest BCUT2D eigenvalue weighted by Crippen LogP contribution is -2.33. The Morgan fingerprint density at radius 3 is 2.78 bits per heavy atom. The second-order valence-electron chi connectivity index (χ2n) is 6.52. The number of carbonyl (C=O) groups excluding carboxylic acids is 1. The first kappa shape index (κ1) is 17.7. The third kappa shape index (κ3) is 3.60. The van der Waals surface area contributed by atoms with Crippen LogP contribution in [0, 0.1) is 5.92 Å². The minimum absolute atomic E-state index is 0.0308. The van der Waals surface area contributed by atoms with Crippen molar-refractivity contribution in [1.82, 2.24) is 4.98 Å². The fourth-order valence-electron chi connectivity index (χ4n) is 3.39. The van der Waals surface area contributed by atoms with Crippen molar-refractivity contribution in [2.24, 2.45) is 5.92 Å². The zero-order valence-electron chi connectivity index (χ0n) is 15.3. The van der Waals surface area contributed by atoms with Gasteiger partial charge in [0.15, 0.2) is 5.13 Å². The largest absolute Gasteiger partial charge is 0.492 e. The van der Waals surface area contributed by atoms with E-state index in [9.17, 15) is 4.79 Å². The van der Waals surface area contributed by atoms with E-state index >= 15 is 0 Å². The van der Waals surface area contributed by atoms with E-state index in [-0.39, 0.29) is 11.8 Å². The number of amides is 1. The second kappa shape index (κ2) is 7.92. The predicted molar refractivity (Wildman–Crippen MR) is 111 cm³/mol. The molecule has 5 heteroatoms. The number of benzene rings is 2. The first-order chi connectivity index (χ1) is 13.3. The van der Waals surface area contributed by atoms with Crippen molar-refractivity contribution in [3.8, 4) is 5.75 Å². The minimum Gasteiger partial charge on any atom is -0.492 e. The van der Waals surface area contributed by atoms with Gasteiger partial charge in [-0.25, -0.2) is 4.98 Å². The van der Waals surface area contributed by atoms with E-state index in [0.717, 1.165) is 35.2 Å². The van der Waals surface area contributed by atoms with E-state index in [0.29, 0.717) is 17.5 Å². The maximum Gasteiger partial charge on any atom is 0.236 e. The summed E-state index contributed by atoms with van der Waals surface area (Å²) in [6, 6.07) is 15.7. The highest BCUT2D eigenvalue weighted by Gasteiger charge is 2.30. The Kier molecular flexibility index (Phi) is 5.21. The highest BCUT2D eigenvalue weighted by molar-refractivity contribution is 7.22. The van der Waals surface area contributed by atoms with Gasteiger partial charge < -0.3 is 4.74 Å². The molecule has 4 nitrogen and oxygen atoms in total. The molecule has 0 aliphatic heterocycles. The van der Waals surface area contributed by atoms with E-state index in [1.165, 1.54) is 11.3 Å². The highest BCUT2D eigenvalue weighted by atomic mass is 32.1. The summed E-state index contributed by atoms with van der Waals surface area (Å²) in [5, 5.41) is 0.697. The lowest BCUT2D eigenvalue weighted by Gasteiger charge is -2.27. The molecule has 1 aliphatic carbocycles. The van der Waals surface area contributed by atoms with E-state index in [4.69, 9.17) is 9.72 Å². The Balaban J connectivity index is 1.82. The van der Waals surface area contributed by atoms with Crippen LogP contribution in [0.1, 0.15) is 26.2 Å². The van der Waals surface area contributed by atoms with Gasteiger partial charge in [0.25, 0.3) is 0 Å². The van der Waals surface area contributed by atoms with Crippen LogP contribution in [-0.4, -0.2) is 17.5 Å². The first-order valence-corrected chi connectivity index (χ1v) is 10.2. The Hall–Kier alpha value is -2.66. The monoisotopic (exact) mass is 378 g/mol. The minimum atomic E-state index is -0.0308. The summed E-state index contributed by atoms with van der Waals surface area (Å²) in [4.78, 5) is 20.1. The summed E-state index contributed by atoms with van der Waals surface area (Å²) in [6.07, 6.45) is 6.85. The fourth-order valence-corrected chi connectivity index (χ4v) is 4.38. The van der Waals surface area contributed by atoms with Gasteiger partial charge in [0.05, 0.1) is 22.5 Å². The quantitative estimate of drug-likeness (QED) is 0.534. The molecule has 1 heterocycles. The molecular weight excluding hydrogens is 356 g/mol. The molecule has 1 amide bonds. The topological polar surface area (TPSA) is 42.4 Å². The van der Waals surface area contributed by atoms with Gasteiger partial charge in [-0.1, -0.05) is 47.8 Å². The van der Waals surface area contributed by atoms with E-state index < -0.39 is 0 Å². The van der Waals surface area contributed by atoms with Crippen molar-refractivity contribution >= 4 is 38.3 Å². The number of hydrogen-bond acceptors (Lipinski definition) is 4. The highest BCUT2D eigenvalue weighted by Crippen LogP contribution is 2.40. The number of ether oxygens (including phenoxy) is 1.